The molecular formula is C11H18N2O7. The molecule has 1 unspecified atom stereocenters. The summed E-state index contributed by atoms with van der Waals surface area (Å²) in [6.45, 7) is 1.85. The van der Waals surface area contributed by atoms with Crippen molar-refractivity contribution in [3.05, 3.63) is 12.7 Å². The van der Waals surface area contributed by atoms with Gasteiger partial charge in [-0.05, 0) is 6.08 Å². The quantitative estimate of drug-likeness (QED) is 0.260. The van der Waals surface area contributed by atoms with Gasteiger partial charge in [0.2, 0.25) is 0 Å². The molecule has 0 aliphatic heterocycles. The topological polar surface area (TPSA) is 139 Å². The van der Waals surface area contributed by atoms with E-state index < -0.39 is 43.8 Å². The standard InChI is InChI=1S/C11H18N2O7/c1-2-8(14)13(7-11(19)20)4-3-12(5-9(15)16)6-10(17)18/h2,8,14H,1,3-7H2,(H,15,16)(H,17,18)(H,19,20). The number of carboxylic acids is 3. The van der Waals surface area contributed by atoms with Crippen LogP contribution in [-0.2, 0) is 14.4 Å². The van der Waals surface area contributed by atoms with Gasteiger partial charge >= 0.3 is 17.9 Å². The van der Waals surface area contributed by atoms with Crippen LogP contribution in [0.5, 0.6) is 0 Å². The molecular weight excluding hydrogens is 272 g/mol. The third-order valence-electron chi connectivity index (χ3n) is 2.34. The van der Waals surface area contributed by atoms with Crippen molar-refractivity contribution in [1.29, 1.82) is 0 Å². The van der Waals surface area contributed by atoms with Crippen molar-refractivity contribution < 1.29 is 34.8 Å². The van der Waals surface area contributed by atoms with Crippen LogP contribution in [0.4, 0.5) is 0 Å². The van der Waals surface area contributed by atoms with E-state index in [1.165, 1.54) is 0 Å². The van der Waals surface area contributed by atoms with Crippen LogP contribution in [0.1, 0.15) is 0 Å². The molecule has 114 valence electrons. The van der Waals surface area contributed by atoms with Crippen molar-refractivity contribution in [3.8, 4) is 0 Å². The van der Waals surface area contributed by atoms with E-state index >= 15 is 0 Å². The molecule has 0 aliphatic carbocycles. The van der Waals surface area contributed by atoms with Gasteiger partial charge < -0.3 is 20.4 Å². The molecule has 0 aromatic rings. The fourth-order valence-corrected chi connectivity index (χ4v) is 1.49. The molecule has 4 N–H and O–H groups in total. The second kappa shape index (κ2) is 9.02. The van der Waals surface area contributed by atoms with Crippen LogP contribution in [-0.4, -0.2) is 87.1 Å². The zero-order valence-corrected chi connectivity index (χ0v) is 10.8. The predicted molar refractivity (Wildman–Crippen MR) is 67.1 cm³/mol. The summed E-state index contributed by atoms with van der Waals surface area (Å²) >= 11 is 0. The molecule has 0 spiro atoms. The van der Waals surface area contributed by atoms with Crippen molar-refractivity contribution >= 4 is 17.9 Å². The number of aliphatic carboxylic acids is 3. The van der Waals surface area contributed by atoms with Gasteiger partial charge in [0.25, 0.3) is 0 Å². The molecule has 0 saturated carbocycles. The molecule has 9 nitrogen and oxygen atoms in total. The van der Waals surface area contributed by atoms with Crippen LogP contribution in [0.25, 0.3) is 0 Å². The highest BCUT2D eigenvalue weighted by molar-refractivity contribution is 5.72. The fourth-order valence-electron chi connectivity index (χ4n) is 1.49. The maximum absolute atomic E-state index is 10.6. The molecule has 0 aromatic heterocycles. The lowest BCUT2D eigenvalue weighted by atomic mass is 10.3. The third kappa shape index (κ3) is 8.19. The molecule has 0 rings (SSSR count). The molecule has 0 fully saturated rings. The Kier molecular flexibility index (Phi) is 8.13. The molecule has 0 saturated heterocycles. The molecule has 0 bridgehead atoms. The van der Waals surface area contributed by atoms with Crippen LogP contribution < -0.4 is 0 Å². The van der Waals surface area contributed by atoms with Crippen molar-refractivity contribution in [2.24, 2.45) is 0 Å². The van der Waals surface area contributed by atoms with Crippen LogP contribution in [0, 0.1) is 0 Å². The van der Waals surface area contributed by atoms with E-state index in [0.29, 0.717) is 0 Å². The van der Waals surface area contributed by atoms with E-state index in [4.69, 9.17) is 15.3 Å². The molecule has 0 amide bonds. The first-order valence-electron chi connectivity index (χ1n) is 5.68. The van der Waals surface area contributed by atoms with Crippen LogP contribution in [0.3, 0.4) is 0 Å². The van der Waals surface area contributed by atoms with Gasteiger partial charge in [0, 0.05) is 13.1 Å². The fraction of sp³-hybridized carbons (Fsp3) is 0.545. The van der Waals surface area contributed by atoms with Crippen molar-refractivity contribution in [2.75, 3.05) is 32.7 Å². The zero-order valence-electron chi connectivity index (χ0n) is 10.8. The zero-order chi connectivity index (χ0) is 15.7. The van der Waals surface area contributed by atoms with E-state index in [1.807, 2.05) is 0 Å². The van der Waals surface area contributed by atoms with Gasteiger partial charge in [0.15, 0.2) is 0 Å². The predicted octanol–water partition coefficient (Wildman–Crippen LogP) is -1.65. The smallest absolute Gasteiger partial charge is 0.317 e. The second-order valence-electron chi connectivity index (χ2n) is 4.01. The summed E-state index contributed by atoms with van der Waals surface area (Å²) < 4.78 is 0. The summed E-state index contributed by atoms with van der Waals surface area (Å²) in [5.74, 6) is -3.56. The maximum atomic E-state index is 10.6. The van der Waals surface area contributed by atoms with Crippen LogP contribution >= 0.6 is 0 Å². The lowest BCUT2D eigenvalue weighted by Gasteiger charge is -2.27. The van der Waals surface area contributed by atoms with E-state index in [-0.39, 0.29) is 13.1 Å². The van der Waals surface area contributed by atoms with E-state index in [0.717, 1.165) is 15.9 Å². The number of hydrogen-bond donors (Lipinski definition) is 4. The lowest BCUT2D eigenvalue weighted by molar-refractivity contribution is -0.144. The largest absolute Gasteiger partial charge is 0.480 e. The Hall–Kier alpha value is -1.97. The van der Waals surface area contributed by atoms with Gasteiger partial charge in [0.1, 0.15) is 6.23 Å². The van der Waals surface area contributed by atoms with Crippen LogP contribution in [0.2, 0.25) is 0 Å². The van der Waals surface area contributed by atoms with Gasteiger partial charge in [-0.1, -0.05) is 6.58 Å². The van der Waals surface area contributed by atoms with Gasteiger partial charge in [-0.2, -0.15) is 0 Å². The highest BCUT2D eigenvalue weighted by atomic mass is 16.4. The molecule has 0 heterocycles. The van der Waals surface area contributed by atoms with Gasteiger partial charge in [0.05, 0.1) is 19.6 Å². The summed E-state index contributed by atoms with van der Waals surface area (Å²) in [7, 11) is 0. The summed E-state index contributed by atoms with van der Waals surface area (Å²) in [4.78, 5) is 34.1. The minimum absolute atomic E-state index is 0.0138. The number of carbonyl (C=O) groups is 3. The third-order valence-corrected chi connectivity index (χ3v) is 2.34. The summed E-state index contributed by atoms with van der Waals surface area (Å²) in [6.07, 6.45) is -0.0793. The van der Waals surface area contributed by atoms with Crippen molar-refractivity contribution in [2.45, 2.75) is 6.23 Å². The van der Waals surface area contributed by atoms with E-state index in [1.54, 1.807) is 0 Å². The van der Waals surface area contributed by atoms with Gasteiger partial charge in [-0.15, -0.1) is 0 Å². The SMILES string of the molecule is C=CC(O)N(CCN(CC(=O)O)CC(=O)O)CC(=O)O. The number of hydrogen-bond acceptors (Lipinski definition) is 6. The molecule has 0 aliphatic rings. The van der Waals surface area contributed by atoms with Gasteiger partial charge in [-0.25, -0.2) is 0 Å². The Morgan fingerprint density at radius 3 is 1.75 bits per heavy atom. The number of nitrogens with zero attached hydrogens (tertiary/aromatic N) is 2. The highest BCUT2D eigenvalue weighted by Crippen LogP contribution is 1.99. The first kappa shape index (κ1) is 18.0. The number of aliphatic hydroxyl groups is 1. The number of carboxylic acid groups (broad SMARTS) is 3. The van der Waals surface area contributed by atoms with Gasteiger partial charge in [-0.3, -0.25) is 24.2 Å². The maximum Gasteiger partial charge on any atom is 0.317 e. The first-order valence-corrected chi connectivity index (χ1v) is 5.68. The Morgan fingerprint density at radius 2 is 1.40 bits per heavy atom. The molecule has 0 radical (unpaired) electrons. The van der Waals surface area contributed by atoms with Crippen molar-refractivity contribution in [3.63, 3.8) is 0 Å². The first-order chi connectivity index (χ1) is 9.26. The summed E-state index contributed by atoms with van der Waals surface area (Å²) in [5, 5.41) is 35.5. The monoisotopic (exact) mass is 290 g/mol. The lowest BCUT2D eigenvalue weighted by Crippen LogP contribution is -2.45. The Bertz CT molecular complexity index is 356. The molecule has 1 atom stereocenters. The van der Waals surface area contributed by atoms with E-state index in [2.05, 4.69) is 6.58 Å². The average Bonchev–Trinajstić information content (AvgIpc) is 2.31. The van der Waals surface area contributed by atoms with Crippen LogP contribution in [0.15, 0.2) is 12.7 Å². The van der Waals surface area contributed by atoms with E-state index in [9.17, 15) is 19.5 Å². The number of aliphatic hydroxyl groups excluding tert-OH is 1. The Labute approximate surface area is 115 Å². The average molecular weight is 290 g/mol. The Balaban J connectivity index is 4.58. The van der Waals surface area contributed by atoms with Crippen molar-refractivity contribution in [1.82, 2.24) is 9.80 Å². The summed E-state index contributed by atoms with van der Waals surface area (Å²) in [6, 6.07) is 0. The molecule has 9 heteroatoms. The Morgan fingerprint density at radius 1 is 0.950 bits per heavy atom. The molecule has 20 heavy (non-hydrogen) atoms. The summed E-state index contributed by atoms with van der Waals surface area (Å²) in [5.41, 5.74) is 0. The minimum atomic E-state index is -1.21. The highest BCUT2D eigenvalue weighted by Gasteiger charge is 2.19. The minimum Gasteiger partial charge on any atom is -0.480 e. The number of rotatable bonds is 11. The molecule has 0 aromatic carbocycles. The normalized spacial score (nSPS) is 12.3. The second-order valence-corrected chi connectivity index (χ2v) is 4.01.